The van der Waals surface area contributed by atoms with Crippen LogP contribution in [0.15, 0.2) is 58.3 Å². The average Bonchev–Trinajstić information content (AvgIpc) is 2.71. The molecule has 0 saturated heterocycles. The van der Waals surface area contributed by atoms with Gasteiger partial charge in [0.2, 0.25) is 0 Å². The smallest absolute Gasteiger partial charge is 0.181 e. The molecule has 1 unspecified atom stereocenters. The van der Waals surface area contributed by atoms with Gasteiger partial charge >= 0.3 is 0 Å². The van der Waals surface area contributed by atoms with E-state index in [0.717, 1.165) is 16.1 Å². The molecule has 1 heterocycles. The standard InChI is InChI=1S/C15H15NO2S2/c1-19-14-8-4-3-7-12(14)16-13-10-20(17,18)15-9-5-2-6-11(13)15/h2-9,13,16H,10H2,1H3. The first kappa shape index (κ1) is 13.5. The fourth-order valence-corrected chi connectivity index (χ4v) is 4.82. The van der Waals surface area contributed by atoms with E-state index in [-0.39, 0.29) is 11.8 Å². The summed E-state index contributed by atoms with van der Waals surface area (Å²) >= 11 is 1.65. The molecule has 0 spiro atoms. The molecule has 0 aromatic heterocycles. The van der Waals surface area contributed by atoms with E-state index in [1.807, 2.05) is 42.7 Å². The summed E-state index contributed by atoms with van der Waals surface area (Å²) in [7, 11) is -3.16. The Hall–Kier alpha value is -1.46. The van der Waals surface area contributed by atoms with Crippen molar-refractivity contribution in [3.8, 4) is 0 Å². The van der Waals surface area contributed by atoms with E-state index in [4.69, 9.17) is 0 Å². The Morgan fingerprint density at radius 3 is 2.60 bits per heavy atom. The molecule has 2 aromatic rings. The molecular formula is C15H15NO2S2. The number of thioether (sulfide) groups is 1. The average molecular weight is 305 g/mol. The molecule has 0 saturated carbocycles. The molecule has 1 aliphatic rings. The minimum absolute atomic E-state index is 0.120. The van der Waals surface area contributed by atoms with Crippen molar-refractivity contribution in [3.63, 3.8) is 0 Å². The fraction of sp³-hybridized carbons (Fsp3) is 0.200. The van der Waals surface area contributed by atoms with E-state index in [1.165, 1.54) is 0 Å². The predicted molar refractivity (Wildman–Crippen MR) is 83.1 cm³/mol. The summed E-state index contributed by atoms with van der Waals surface area (Å²) in [6, 6.07) is 15.0. The van der Waals surface area contributed by atoms with Crippen LogP contribution < -0.4 is 5.32 Å². The van der Waals surface area contributed by atoms with Crippen LogP contribution in [0.25, 0.3) is 0 Å². The molecule has 1 atom stereocenters. The van der Waals surface area contributed by atoms with E-state index in [2.05, 4.69) is 5.32 Å². The lowest BCUT2D eigenvalue weighted by atomic mass is 10.1. The number of hydrogen-bond acceptors (Lipinski definition) is 4. The number of para-hydroxylation sites is 1. The summed E-state index contributed by atoms with van der Waals surface area (Å²) in [5.41, 5.74) is 1.85. The van der Waals surface area contributed by atoms with Gasteiger partial charge in [-0.15, -0.1) is 11.8 Å². The molecule has 0 bridgehead atoms. The second-order valence-corrected chi connectivity index (χ2v) is 7.57. The van der Waals surface area contributed by atoms with Gasteiger partial charge in [0.25, 0.3) is 0 Å². The second-order valence-electron chi connectivity index (χ2n) is 4.72. The number of rotatable bonds is 3. The first-order valence-electron chi connectivity index (χ1n) is 6.33. The van der Waals surface area contributed by atoms with E-state index >= 15 is 0 Å². The highest BCUT2D eigenvalue weighted by Crippen LogP contribution is 2.37. The van der Waals surface area contributed by atoms with E-state index in [9.17, 15) is 8.42 Å². The highest BCUT2D eigenvalue weighted by Gasteiger charge is 2.34. The quantitative estimate of drug-likeness (QED) is 0.883. The summed E-state index contributed by atoms with van der Waals surface area (Å²) in [5.74, 6) is 0.120. The lowest BCUT2D eigenvalue weighted by molar-refractivity contribution is 0.598. The van der Waals surface area contributed by atoms with Gasteiger partial charge in [0.15, 0.2) is 9.84 Å². The Balaban J connectivity index is 1.98. The molecule has 2 aromatic carbocycles. The SMILES string of the molecule is CSc1ccccc1NC1CS(=O)(=O)c2ccccc21. The van der Waals surface area contributed by atoms with Gasteiger partial charge in [-0.2, -0.15) is 0 Å². The second kappa shape index (κ2) is 5.14. The van der Waals surface area contributed by atoms with Crippen LogP contribution in [0.1, 0.15) is 11.6 Å². The van der Waals surface area contributed by atoms with E-state index in [0.29, 0.717) is 4.90 Å². The molecule has 1 N–H and O–H groups in total. The van der Waals surface area contributed by atoms with Gasteiger partial charge in [0, 0.05) is 10.6 Å². The normalized spacial score (nSPS) is 19.6. The minimum Gasteiger partial charge on any atom is -0.376 e. The Labute approximate surface area is 123 Å². The summed E-state index contributed by atoms with van der Waals surface area (Å²) < 4.78 is 24.3. The van der Waals surface area contributed by atoms with E-state index in [1.54, 1.807) is 23.9 Å². The maximum atomic E-state index is 12.2. The van der Waals surface area contributed by atoms with Gasteiger partial charge in [0.1, 0.15) is 0 Å². The number of hydrogen-bond donors (Lipinski definition) is 1. The molecule has 0 aliphatic carbocycles. The first-order valence-corrected chi connectivity index (χ1v) is 9.21. The monoisotopic (exact) mass is 305 g/mol. The summed E-state index contributed by atoms with van der Waals surface area (Å²) in [4.78, 5) is 1.58. The zero-order valence-corrected chi connectivity index (χ0v) is 12.7. The number of anilines is 1. The third-order valence-corrected chi connectivity index (χ3v) is 6.06. The Morgan fingerprint density at radius 2 is 1.80 bits per heavy atom. The van der Waals surface area contributed by atoms with Crippen molar-refractivity contribution in [1.82, 2.24) is 0 Å². The molecule has 5 heteroatoms. The molecule has 3 rings (SSSR count). The third kappa shape index (κ3) is 2.31. The lowest BCUT2D eigenvalue weighted by Crippen LogP contribution is -2.13. The van der Waals surface area contributed by atoms with Crippen LogP contribution in [0, 0.1) is 0 Å². The van der Waals surface area contributed by atoms with Gasteiger partial charge in [-0.25, -0.2) is 8.42 Å². The van der Waals surface area contributed by atoms with E-state index < -0.39 is 9.84 Å². The lowest BCUT2D eigenvalue weighted by Gasteiger charge is -2.16. The number of sulfone groups is 1. The van der Waals surface area contributed by atoms with Crippen LogP contribution in [-0.4, -0.2) is 20.4 Å². The van der Waals surface area contributed by atoms with Crippen molar-refractivity contribution in [1.29, 1.82) is 0 Å². The van der Waals surface area contributed by atoms with Crippen molar-refractivity contribution < 1.29 is 8.42 Å². The third-order valence-electron chi connectivity index (χ3n) is 3.45. The van der Waals surface area contributed by atoms with Crippen LogP contribution in [0.3, 0.4) is 0 Å². The van der Waals surface area contributed by atoms with Gasteiger partial charge in [0.05, 0.1) is 16.7 Å². The molecule has 0 radical (unpaired) electrons. The maximum absolute atomic E-state index is 12.2. The van der Waals surface area contributed by atoms with Gasteiger partial charge in [-0.1, -0.05) is 30.3 Å². The molecule has 3 nitrogen and oxygen atoms in total. The zero-order chi connectivity index (χ0) is 14.2. The number of benzene rings is 2. The fourth-order valence-electron chi connectivity index (χ4n) is 2.52. The van der Waals surface area contributed by atoms with Crippen molar-refractivity contribution in [2.75, 3.05) is 17.3 Å². The van der Waals surface area contributed by atoms with Crippen LogP contribution >= 0.6 is 11.8 Å². The highest BCUT2D eigenvalue weighted by atomic mass is 32.2. The Morgan fingerprint density at radius 1 is 1.10 bits per heavy atom. The summed E-state index contributed by atoms with van der Waals surface area (Å²) in [6.07, 6.45) is 2.01. The van der Waals surface area contributed by atoms with Crippen LogP contribution in [0.4, 0.5) is 5.69 Å². The summed E-state index contributed by atoms with van der Waals surface area (Å²) in [6.45, 7) is 0. The van der Waals surface area contributed by atoms with Crippen molar-refractivity contribution in [3.05, 3.63) is 54.1 Å². The molecular weight excluding hydrogens is 290 g/mol. The molecule has 20 heavy (non-hydrogen) atoms. The van der Waals surface area contributed by atoms with Crippen molar-refractivity contribution in [2.24, 2.45) is 0 Å². The van der Waals surface area contributed by atoms with Crippen molar-refractivity contribution in [2.45, 2.75) is 15.8 Å². The zero-order valence-electron chi connectivity index (χ0n) is 11.0. The maximum Gasteiger partial charge on any atom is 0.181 e. The highest BCUT2D eigenvalue weighted by molar-refractivity contribution is 7.98. The van der Waals surface area contributed by atoms with Gasteiger partial charge in [-0.3, -0.25) is 0 Å². The van der Waals surface area contributed by atoms with Crippen molar-refractivity contribution >= 4 is 27.3 Å². The van der Waals surface area contributed by atoms with Gasteiger partial charge < -0.3 is 5.32 Å². The first-order chi connectivity index (χ1) is 9.62. The molecule has 104 valence electrons. The predicted octanol–water partition coefficient (Wildman–Crippen LogP) is 3.35. The van der Waals surface area contributed by atoms with Crippen LogP contribution in [-0.2, 0) is 9.84 Å². The van der Waals surface area contributed by atoms with Crippen LogP contribution in [0.5, 0.6) is 0 Å². The number of nitrogens with one attached hydrogen (secondary N) is 1. The Bertz CT molecular complexity index is 741. The minimum atomic E-state index is -3.16. The van der Waals surface area contributed by atoms with Gasteiger partial charge in [-0.05, 0) is 30.0 Å². The Kier molecular flexibility index (Phi) is 3.48. The summed E-state index contributed by atoms with van der Waals surface area (Å²) in [5, 5.41) is 3.37. The van der Waals surface area contributed by atoms with Crippen LogP contribution in [0.2, 0.25) is 0 Å². The molecule has 1 aliphatic heterocycles. The largest absolute Gasteiger partial charge is 0.376 e. The number of fused-ring (bicyclic) bond motifs is 1. The molecule has 0 amide bonds. The topological polar surface area (TPSA) is 46.2 Å². The molecule has 0 fully saturated rings.